The Morgan fingerprint density at radius 3 is 1.79 bits per heavy atom. The van der Waals surface area contributed by atoms with Crippen molar-refractivity contribution in [1.82, 2.24) is 15.0 Å². The number of thiophene rings is 1. The summed E-state index contributed by atoms with van der Waals surface area (Å²) in [5, 5.41) is 3.74. The molecule has 7 aromatic carbocycles. The fraction of sp³-hybridized carbons (Fsp3) is 0. The number of aromatic nitrogens is 3. The number of rotatable bonds is 5. The van der Waals surface area contributed by atoms with Crippen molar-refractivity contribution in [2.75, 3.05) is 0 Å². The molecular formula is C49H29N3S. The van der Waals surface area contributed by atoms with Crippen LogP contribution < -0.4 is 0 Å². The van der Waals surface area contributed by atoms with Crippen molar-refractivity contribution in [2.45, 2.75) is 0 Å². The summed E-state index contributed by atoms with van der Waals surface area (Å²) in [6, 6.07) is 60.6. The van der Waals surface area contributed by atoms with Crippen LogP contribution in [-0.4, -0.2) is 15.0 Å². The molecule has 0 spiro atoms. The zero-order valence-corrected chi connectivity index (χ0v) is 29.3. The van der Waals surface area contributed by atoms with E-state index in [1.165, 1.54) is 47.8 Å². The Balaban J connectivity index is 1.19. The minimum absolute atomic E-state index is 0.688. The van der Waals surface area contributed by atoms with Crippen LogP contribution in [0.1, 0.15) is 0 Å². The molecular weight excluding hydrogens is 663 g/mol. The van der Waals surface area contributed by atoms with Crippen molar-refractivity contribution in [3.05, 3.63) is 176 Å². The minimum atomic E-state index is 0.688. The van der Waals surface area contributed by atoms with Gasteiger partial charge in [-0.2, -0.15) is 0 Å². The SMILES string of the molecule is c1ccc(-c2cc(-c3ccccc3)nc(-c3cc(-c4cc5c6c(cccc6c4)-c4ccccc4-5)cc(-c4ccnc5c4sc4ccccc45)c3)n2)cc1. The second-order valence-corrected chi connectivity index (χ2v) is 14.7. The normalized spacial score (nSPS) is 11.8. The number of hydrogen-bond acceptors (Lipinski definition) is 4. The van der Waals surface area contributed by atoms with Gasteiger partial charge in [0, 0.05) is 38.5 Å². The van der Waals surface area contributed by atoms with Crippen LogP contribution in [0.2, 0.25) is 0 Å². The third-order valence-corrected chi connectivity index (χ3v) is 11.6. The standard InChI is InChI=1S/C49H29N3S/c1-3-12-30(13-4-1)43-29-44(31-14-5-2-6-15-31)52-49(51-43)36-26-33(25-35(27-36)37-22-23-50-47-41-19-9-10-21-45(41)53-48(37)47)34-24-32-16-11-20-40-38-17-7-8-18-39(38)42(28-34)46(32)40/h1-29H. The van der Waals surface area contributed by atoms with Gasteiger partial charge >= 0.3 is 0 Å². The molecule has 1 aliphatic rings. The molecule has 0 fully saturated rings. The van der Waals surface area contributed by atoms with Gasteiger partial charge in [0.15, 0.2) is 5.82 Å². The fourth-order valence-corrected chi connectivity index (χ4v) is 9.18. The predicted octanol–water partition coefficient (Wildman–Crippen LogP) is 13.4. The van der Waals surface area contributed by atoms with Gasteiger partial charge in [0.05, 0.1) is 21.6 Å². The minimum Gasteiger partial charge on any atom is -0.255 e. The molecule has 3 heterocycles. The molecule has 3 aromatic heterocycles. The van der Waals surface area contributed by atoms with Gasteiger partial charge in [0.2, 0.25) is 0 Å². The summed E-state index contributed by atoms with van der Waals surface area (Å²) < 4.78 is 2.41. The van der Waals surface area contributed by atoms with E-state index in [1.54, 1.807) is 11.3 Å². The van der Waals surface area contributed by atoms with E-state index < -0.39 is 0 Å². The Morgan fingerprint density at radius 2 is 1.02 bits per heavy atom. The summed E-state index contributed by atoms with van der Waals surface area (Å²) in [6.45, 7) is 0. The van der Waals surface area contributed by atoms with Crippen LogP contribution in [0, 0.1) is 0 Å². The molecule has 11 rings (SSSR count). The van der Waals surface area contributed by atoms with E-state index in [9.17, 15) is 0 Å². The zero-order chi connectivity index (χ0) is 34.9. The van der Waals surface area contributed by atoms with Gasteiger partial charge in [0.1, 0.15) is 0 Å². The van der Waals surface area contributed by atoms with Crippen molar-refractivity contribution in [1.29, 1.82) is 0 Å². The van der Waals surface area contributed by atoms with Crippen LogP contribution in [0.25, 0.3) is 109 Å². The molecule has 0 saturated carbocycles. The van der Waals surface area contributed by atoms with E-state index in [1.807, 2.05) is 18.3 Å². The number of benzene rings is 7. The second kappa shape index (κ2) is 11.9. The Morgan fingerprint density at radius 1 is 0.396 bits per heavy atom. The zero-order valence-electron chi connectivity index (χ0n) is 28.5. The van der Waals surface area contributed by atoms with Crippen LogP contribution in [0.15, 0.2) is 176 Å². The Hall–Kier alpha value is -6.75. The second-order valence-electron chi connectivity index (χ2n) is 13.6. The Kier molecular flexibility index (Phi) is 6.73. The maximum Gasteiger partial charge on any atom is 0.160 e. The lowest BCUT2D eigenvalue weighted by atomic mass is 9.92. The number of fused-ring (bicyclic) bond motifs is 6. The number of hydrogen-bond donors (Lipinski definition) is 0. The first-order chi connectivity index (χ1) is 26.2. The summed E-state index contributed by atoms with van der Waals surface area (Å²) in [6.07, 6.45) is 1.94. The van der Waals surface area contributed by atoms with E-state index in [4.69, 9.17) is 15.0 Å². The molecule has 0 aliphatic heterocycles. The predicted molar refractivity (Wildman–Crippen MR) is 222 cm³/mol. The molecule has 10 aromatic rings. The molecule has 1 aliphatic carbocycles. The number of pyridine rings is 1. The topological polar surface area (TPSA) is 38.7 Å². The summed E-state index contributed by atoms with van der Waals surface area (Å²) in [5.74, 6) is 0.688. The average Bonchev–Trinajstić information content (AvgIpc) is 3.78. The van der Waals surface area contributed by atoms with E-state index in [2.05, 4.69) is 158 Å². The lowest BCUT2D eigenvalue weighted by Crippen LogP contribution is -1.97. The molecule has 4 heteroatoms. The van der Waals surface area contributed by atoms with Crippen LogP contribution in [-0.2, 0) is 0 Å². The molecule has 0 amide bonds. The van der Waals surface area contributed by atoms with Gasteiger partial charge in [-0.1, -0.05) is 121 Å². The molecule has 0 saturated heterocycles. The van der Waals surface area contributed by atoms with Crippen molar-refractivity contribution >= 4 is 42.4 Å². The molecule has 3 nitrogen and oxygen atoms in total. The summed E-state index contributed by atoms with van der Waals surface area (Å²) in [7, 11) is 0. The fourth-order valence-electron chi connectivity index (χ4n) is 7.99. The first-order valence-corrected chi connectivity index (χ1v) is 18.7. The van der Waals surface area contributed by atoms with E-state index in [-0.39, 0.29) is 0 Å². The van der Waals surface area contributed by atoms with Gasteiger partial charge in [-0.05, 0) is 98.2 Å². The average molecular weight is 692 g/mol. The first kappa shape index (κ1) is 29.9. The number of nitrogens with zero attached hydrogens (tertiary/aromatic N) is 3. The molecule has 0 bridgehead atoms. The Bertz CT molecular complexity index is 3000. The van der Waals surface area contributed by atoms with Gasteiger partial charge in [-0.25, -0.2) is 9.97 Å². The lowest BCUT2D eigenvalue weighted by molar-refractivity contribution is 1.18. The smallest absolute Gasteiger partial charge is 0.160 e. The van der Waals surface area contributed by atoms with E-state index in [0.717, 1.165) is 55.8 Å². The molecule has 0 N–H and O–H groups in total. The van der Waals surface area contributed by atoms with Crippen LogP contribution >= 0.6 is 11.3 Å². The molecule has 0 unspecified atom stereocenters. The van der Waals surface area contributed by atoms with Crippen LogP contribution in [0.4, 0.5) is 0 Å². The molecule has 53 heavy (non-hydrogen) atoms. The quantitative estimate of drug-likeness (QED) is 0.180. The third-order valence-electron chi connectivity index (χ3n) is 10.4. The van der Waals surface area contributed by atoms with Gasteiger partial charge in [-0.15, -0.1) is 11.3 Å². The summed E-state index contributed by atoms with van der Waals surface area (Å²) in [5.41, 5.74) is 15.6. The van der Waals surface area contributed by atoms with Gasteiger partial charge < -0.3 is 0 Å². The van der Waals surface area contributed by atoms with Crippen LogP contribution in [0.3, 0.4) is 0 Å². The van der Waals surface area contributed by atoms with Crippen molar-refractivity contribution in [3.8, 4) is 78.4 Å². The molecule has 0 radical (unpaired) electrons. The van der Waals surface area contributed by atoms with Gasteiger partial charge in [-0.3, -0.25) is 4.98 Å². The highest BCUT2D eigenvalue weighted by atomic mass is 32.1. The third kappa shape index (κ3) is 4.91. The van der Waals surface area contributed by atoms with Gasteiger partial charge in [0.25, 0.3) is 0 Å². The maximum atomic E-state index is 5.27. The monoisotopic (exact) mass is 691 g/mol. The Labute approximate surface area is 310 Å². The maximum absolute atomic E-state index is 5.27. The molecule has 0 atom stereocenters. The largest absolute Gasteiger partial charge is 0.255 e. The highest BCUT2D eigenvalue weighted by molar-refractivity contribution is 7.26. The van der Waals surface area contributed by atoms with Crippen molar-refractivity contribution in [3.63, 3.8) is 0 Å². The van der Waals surface area contributed by atoms with Crippen LogP contribution in [0.5, 0.6) is 0 Å². The van der Waals surface area contributed by atoms with Crippen molar-refractivity contribution < 1.29 is 0 Å². The highest BCUT2D eigenvalue weighted by Gasteiger charge is 2.23. The van der Waals surface area contributed by atoms with Crippen molar-refractivity contribution in [2.24, 2.45) is 0 Å². The summed E-state index contributed by atoms with van der Waals surface area (Å²) in [4.78, 5) is 15.4. The molecule has 246 valence electrons. The first-order valence-electron chi connectivity index (χ1n) is 17.8. The lowest BCUT2D eigenvalue weighted by Gasteiger charge is -2.14. The highest BCUT2D eigenvalue weighted by Crippen LogP contribution is 2.49. The van der Waals surface area contributed by atoms with E-state index in [0.29, 0.717) is 5.82 Å². The summed E-state index contributed by atoms with van der Waals surface area (Å²) >= 11 is 1.80. The van der Waals surface area contributed by atoms with E-state index >= 15 is 0 Å².